The van der Waals surface area contributed by atoms with Gasteiger partial charge in [0.1, 0.15) is 12.4 Å². The third kappa shape index (κ3) is 7.65. The predicted molar refractivity (Wildman–Crippen MR) is 89.6 cm³/mol. The van der Waals surface area contributed by atoms with Crippen LogP contribution in [-0.4, -0.2) is 38.7 Å². The van der Waals surface area contributed by atoms with E-state index >= 15 is 0 Å². The van der Waals surface area contributed by atoms with E-state index in [2.05, 4.69) is 17.6 Å². The lowest BCUT2D eigenvalue weighted by Crippen LogP contribution is -2.36. The van der Waals surface area contributed by atoms with E-state index in [1.807, 2.05) is 0 Å². The highest BCUT2D eigenvalue weighted by Gasteiger charge is 2.15. The van der Waals surface area contributed by atoms with Gasteiger partial charge in [-0.25, -0.2) is 0 Å². The Kier molecular flexibility index (Phi) is 9.47. The number of methoxy groups -OCH3 is 1. The Morgan fingerprint density at radius 1 is 1.04 bits per heavy atom. The van der Waals surface area contributed by atoms with E-state index in [4.69, 9.17) is 9.47 Å². The number of ether oxygens (including phenoxy) is 2. The molecule has 0 saturated heterocycles. The number of carbonyl (C=O) groups is 2. The maximum atomic E-state index is 11.9. The van der Waals surface area contributed by atoms with E-state index in [0.29, 0.717) is 31.2 Å². The van der Waals surface area contributed by atoms with Crippen LogP contribution in [0.4, 0.5) is 5.69 Å². The molecule has 2 N–H and O–H groups in total. The van der Waals surface area contributed by atoms with Crippen LogP contribution >= 0.6 is 0 Å². The van der Waals surface area contributed by atoms with Crippen molar-refractivity contribution in [1.29, 1.82) is 0 Å². The number of hydrogen-bond donors (Lipinski definition) is 2. The maximum absolute atomic E-state index is 11.9. The summed E-state index contributed by atoms with van der Waals surface area (Å²) in [4.78, 5) is 23.7. The number of amides is 2. The first-order chi connectivity index (χ1) is 11.2. The first-order valence-corrected chi connectivity index (χ1v) is 7.99. The van der Waals surface area contributed by atoms with Gasteiger partial charge in [0.15, 0.2) is 0 Å². The van der Waals surface area contributed by atoms with Gasteiger partial charge in [-0.05, 0) is 18.6 Å². The molecule has 23 heavy (non-hydrogen) atoms. The molecule has 1 aromatic rings. The molecule has 0 unspecified atom stereocenters. The molecule has 0 aliphatic rings. The quantitative estimate of drug-likeness (QED) is 0.512. The zero-order valence-electron chi connectivity index (χ0n) is 13.9. The Hall–Kier alpha value is -2.08. The lowest BCUT2D eigenvalue weighted by molar-refractivity contribution is -0.136. The molecule has 0 fully saturated rings. The summed E-state index contributed by atoms with van der Waals surface area (Å²) in [6.45, 7) is 3.45. The Bertz CT molecular complexity index is 491. The molecule has 2 amide bonds. The van der Waals surface area contributed by atoms with Crippen LogP contribution in [0.2, 0.25) is 0 Å². The number of hydrogen-bond acceptors (Lipinski definition) is 4. The van der Waals surface area contributed by atoms with E-state index in [1.54, 1.807) is 31.4 Å². The number of rotatable bonds is 10. The van der Waals surface area contributed by atoms with Gasteiger partial charge in [0.05, 0.1) is 12.3 Å². The molecular formula is C17H26N2O4. The van der Waals surface area contributed by atoms with E-state index in [0.717, 1.165) is 25.7 Å². The van der Waals surface area contributed by atoms with Crippen molar-refractivity contribution >= 4 is 17.5 Å². The fourth-order valence-electron chi connectivity index (χ4n) is 1.94. The fraction of sp³-hybridized carbons (Fsp3) is 0.529. The molecule has 0 bridgehead atoms. The molecule has 0 saturated carbocycles. The summed E-state index contributed by atoms with van der Waals surface area (Å²) in [5.74, 6) is -0.815. The Labute approximate surface area is 137 Å². The summed E-state index contributed by atoms with van der Waals surface area (Å²) in [5.41, 5.74) is 0.467. The molecule has 128 valence electrons. The zero-order valence-corrected chi connectivity index (χ0v) is 13.9. The average molecular weight is 322 g/mol. The summed E-state index contributed by atoms with van der Waals surface area (Å²) in [6, 6.07) is 6.98. The first-order valence-electron chi connectivity index (χ1n) is 7.99. The molecule has 0 heterocycles. The van der Waals surface area contributed by atoms with Gasteiger partial charge >= 0.3 is 11.8 Å². The summed E-state index contributed by atoms with van der Waals surface area (Å²) < 4.78 is 10.4. The Morgan fingerprint density at radius 2 is 1.83 bits per heavy atom. The second kappa shape index (κ2) is 11.5. The van der Waals surface area contributed by atoms with Crippen molar-refractivity contribution in [3.8, 4) is 5.75 Å². The summed E-state index contributed by atoms with van der Waals surface area (Å²) >= 11 is 0. The Morgan fingerprint density at radius 3 is 2.57 bits per heavy atom. The number of para-hydroxylation sites is 2. The maximum Gasteiger partial charge on any atom is 0.313 e. The molecule has 0 aliphatic carbocycles. The number of nitrogens with one attached hydrogen (secondary N) is 2. The highest BCUT2D eigenvalue weighted by Crippen LogP contribution is 2.23. The number of carbonyl (C=O) groups excluding carboxylic acids is 2. The van der Waals surface area contributed by atoms with Crippen molar-refractivity contribution < 1.29 is 19.1 Å². The van der Waals surface area contributed by atoms with Gasteiger partial charge in [-0.1, -0.05) is 38.3 Å². The SMILES string of the molecule is CCCCCCNC(=O)C(=O)Nc1ccccc1OCCOC. The largest absolute Gasteiger partial charge is 0.489 e. The third-order valence-electron chi connectivity index (χ3n) is 3.20. The monoisotopic (exact) mass is 322 g/mol. The minimum absolute atomic E-state index is 0.368. The second-order valence-corrected chi connectivity index (χ2v) is 5.11. The van der Waals surface area contributed by atoms with Crippen LogP contribution in [-0.2, 0) is 14.3 Å². The van der Waals surface area contributed by atoms with Gasteiger partial charge in [-0.15, -0.1) is 0 Å². The average Bonchev–Trinajstić information content (AvgIpc) is 2.56. The minimum atomic E-state index is -0.691. The molecule has 1 rings (SSSR count). The van der Waals surface area contributed by atoms with Gasteiger partial charge < -0.3 is 20.1 Å². The molecule has 6 nitrogen and oxygen atoms in total. The van der Waals surface area contributed by atoms with E-state index in [1.165, 1.54) is 0 Å². The van der Waals surface area contributed by atoms with Gasteiger partial charge in [-0.2, -0.15) is 0 Å². The zero-order chi connectivity index (χ0) is 16.9. The molecule has 6 heteroatoms. The molecule has 1 aromatic carbocycles. The molecule has 0 atom stereocenters. The van der Waals surface area contributed by atoms with Crippen LogP contribution in [0.5, 0.6) is 5.75 Å². The standard InChI is InChI=1S/C17H26N2O4/c1-3-4-5-8-11-18-16(20)17(21)19-14-9-6-7-10-15(14)23-13-12-22-2/h6-7,9-10H,3-5,8,11-13H2,1-2H3,(H,18,20)(H,19,21). The predicted octanol–water partition coefficient (Wildman–Crippen LogP) is 2.35. The van der Waals surface area contributed by atoms with Crippen LogP contribution in [0.15, 0.2) is 24.3 Å². The molecule has 0 spiro atoms. The van der Waals surface area contributed by atoms with Crippen LogP contribution in [0.25, 0.3) is 0 Å². The van der Waals surface area contributed by atoms with Crippen molar-refractivity contribution in [2.45, 2.75) is 32.6 Å². The molecule has 0 radical (unpaired) electrons. The second-order valence-electron chi connectivity index (χ2n) is 5.11. The lowest BCUT2D eigenvalue weighted by Gasteiger charge is -2.12. The van der Waals surface area contributed by atoms with Crippen molar-refractivity contribution in [3.63, 3.8) is 0 Å². The number of benzene rings is 1. The normalized spacial score (nSPS) is 10.2. The van der Waals surface area contributed by atoms with Gasteiger partial charge in [0, 0.05) is 13.7 Å². The van der Waals surface area contributed by atoms with Crippen LogP contribution in [0, 0.1) is 0 Å². The number of anilines is 1. The van der Waals surface area contributed by atoms with Crippen molar-refractivity contribution in [3.05, 3.63) is 24.3 Å². The summed E-state index contributed by atoms with van der Waals surface area (Å²) in [6.07, 6.45) is 4.20. The van der Waals surface area contributed by atoms with E-state index in [9.17, 15) is 9.59 Å². The smallest absolute Gasteiger partial charge is 0.313 e. The van der Waals surface area contributed by atoms with Gasteiger partial charge in [0.2, 0.25) is 0 Å². The van der Waals surface area contributed by atoms with E-state index in [-0.39, 0.29) is 0 Å². The van der Waals surface area contributed by atoms with Crippen molar-refractivity contribution in [2.75, 3.05) is 32.2 Å². The molecule has 0 aliphatic heterocycles. The number of unbranched alkanes of at least 4 members (excludes halogenated alkanes) is 3. The summed E-state index contributed by atoms with van der Waals surface area (Å²) in [7, 11) is 1.59. The van der Waals surface area contributed by atoms with Crippen molar-refractivity contribution in [1.82, 2.24) is 5.32 Å². The summed E-state index contributed by atoms with van der Waals surface area (Å²) in [5, 5.41) is 5.19. The lowest BCUT2D eigenvalue weighted by atomic mass is 10.2. The molecule has 0 aromatic heterocycles. The Balaban J connectivity index is 2.45. The van der Waals surface area contributed by atoms with Crippen LogP contribution in [0.1, 0.15) is 32.6 Å². The first kappa shape index (κ1) is 19.0. The van der Waals surface area contributed by atoms with Gasteiger partial charge in [0.25, 0.3) is 0 Å². The molecular weight excluding hydrogens is 296 g/mol. The van der Waals surface area contributed by atoms with E-state index < -0.39 is 11.8 Å². The van der Waals surface area contributed by atoms with Crippen molar-refractivity contribution in [2.24, 2.45) is 0 Å². The topological polar surface area (TPSA) is 76.7 Å². The van der Waals surface area contributed by atoms with Crippen LogP contribution < -0.4 is 15.4 Å². The minimum Gasteiger partial charge on any atom is -0.489 e. The van der Waals surface area contributed by atoms with Gasteiger partial charge in [-0.3, -0.25) is 9.59 Å². The highest BCUT2D eigenvalue weighted by atomic mass is 16.5. The third-order valence-corrected chi connectivity index (χ3v) is 3.20. The fourth-order valence-corrected chi connectivity index (χ4v) is 1.94. The van der Waals surface area contributed by atoms with Crippen LogP contribution in [0.3, 0.4) is 0 Å². The highest BCUT2D eigenvalue weighted by molar-refractivity contribution is 6.39.